The summed E-state index contributed by atoms with van der Waals surface area (Å²) in [6, 6.07) is -0.486. The number of amides is 1. The number of ether oxygens (including phenoxy) is 1. The van der Waals surface area contributed by atoms with Crippen molar-refractivity contribution < 1.29 is 14.3 Å². The molecule has 5 nitrogen and oxygen atoms in total. The third-order valence-electron chi connectivity index (χ3n) is 3.79. The maximum Gasteiger partial charge on any atom is 0.329 e. The van der Waals surface area contributed by atoms with Crippen LogP contribution in [0, 0.1) is 11.8 Å². The van der Waals surface area contributed by atoms with Crippen LogP contribution in [0.4, 0.5) is 0 Å². The molecule has 0 unspecified atom stereocenters. The number of carbonyl (C=O) groups is 2. The van der Waals surface area contributed by atoms with Crippen LogP contribution in [0.3, 0.4) is 0 Å². The van der Waals surface area contributed by atoms with E-state index in [0.717, 1.165) is 25.8 Å². The molecule has 0 aliphatic carbocycles. The zero-order valence-corrected chi connectivity index (χ0v) is 13.1. The lowest BCUT2D eigenvalue weighted by atomic mass is 10.00. The number of unbranched alkanes of at least 4 members (excludes halogenated alkanes) is 1. The molecule has 5 heteroatoms. The predicted molar refractivity (Wildman–Crippen MR) is 78.2 cm³/mol. The highest BCUT2D eigenvalue weighted by atomic mass is 16.5. The second-order valence-corrected chi connectivity index (χ2v) is 5.85. The first kappa shape index (κ1) is 17.0. The highest BCUT2D eigenvalue weighted by Crippen LogP contribution is 2.17. The van der Waals surface area contributed by atoms with Gasteiger partial charge in [-0.15, -0.1) is 0 Å². The van der Waals surface area contributed by atoms with E-state index in [4.69, 9.17) is 4.74 Å². The summed E-state index contributed by atoms with van der Waals surface area (Å²) in [5.41, 5.74) is 0. The highest BCUT2D eigenvalue weighted by molar-refractivity contribution is 5.86. The van der Waals surface area contributed by atoms with Crippen molar-refractivity contribution in [3.8, 4) is 0 Å². The molecule has 1 saturated heterocycles. The molecule has 116 valence electrons. The number of likely N-dealkylation sites (N-methyl/N-ethyl adjacent to an activating group) is 1. The van der Waals surface area contributed by atoms with E-state index in [1.54, 1.807) is 11.9 Å². The third kappa shape index (κ3) is 4.47. The van der Waals surface area contributed by atoms with Crippen LogP contribution in [-0.2, 0) is 14.3 Å². The van der Waals surface area contributed by atoms with Gasteiger partial charge in [-0.05, 0) is 25.3 Å². The molecule has 1 heterocycles. The van der Waals surface area contributed by atoms with Crippen molar-refractivity contribution in [3.63, 3.8) is 0 Å². The molecular weight excluding hydrogens is 256 g/mol. The number of nitrogens with one attached hydrogen (secondary N) is 1. The van der Waals surface area contributed by atoms with E-state index in [1.807, 2.05) is 13.8 Å². The second-order valence-electron chi connectivity index (χ2n) is 5.85. The minimum atomic E-state index is -0.486. The molecule has 1 fully saturated rings. The van der Waals surface area contributed by atoms with Gasteiger partial charge in [-0.1, -0.05) is 27.2 Å². The number of rotatable bonds is 7. The summed E-state index contributed by atoms with van der Waals surface area (Å²) in [6.07, 6.45) is 2.70. The van der Waals surface area contributed by atoms with Crippen molar-refractivity contribution in [1.82, 2.24) is 10.2 Å². The van der Waals surface area contributed by atoms with Gasteiger partial charge in [0, 0.05) is 13.6 Å². The summed E-state index contributed by atoms with van der Waals surface area (Å²) in [5.74, 6) is -0.200. The Morgan fingerprint density at radius 3 is 2.60 bits per heavy atom. The fourth-order valence-corrected chi connectivity index (χ4v) is 2.57. The topological polar surface area (TPSA) is 58.6 Å². The van der Waals surface area contributed by atoms with E-state index in [1.165, 1.54) is 0 Å². The standard InChI is InChI=1S/C15H28N2O3/c1-5-6-9-20-15(19)13(11(2)3)17(4)14(18)12-7-8-16-10-12/h11-13,16H,5-10H2,1-4H3/t12-,13-/m0/s1. The van der Waals surface area contributed by atoms with Crippen molar-refractivity contribution in [3.05, 3.63) is 0 Å². The van der Waals surface area contributed by atoms with Gasteiger partial charge in [-0.3, -0.25) is 4.79 Å². The molecular formula is C15H28N2O3. The Hall–Kier alpha value is -1.10. The number of nitrogens with zero attached hydrogens (tertiary/aromatic N) is 1. The van der Waals surface area contributed by atoms with Crippen LogP contribution in [0.5, 0.6) is 0 Å². The Balaban J connectivity index is 2.63. The summed E-state index contributed by atoms with van der Waals surface area (Å²) in [4.78, 5) is 26.2. The Morgan fingerprint density at radius 1 is 1.40 bits per heavy atom. The van der Waals surface area contributed by atoms with Crippen LogP contribution < -0.4 is 5.32 Å². The number of esters is 1. The fraction of sp³-hybridized carbons (Fsp3) is 0.867. The van der Waals surface area contributed by atoms with Crippen LogP contribution in [0.25, 0.3) is 0 Å². The molecule has 20 heavy (non-hydrogen) atoms. The van der Waals surface area contributed by atoms with Gasteiger partial charge in [0.2, 0.25) is 5.91 Å². The average molecular weight is 284 g/mol. The van der Waals surface area contributed by atoms with E-state index >= 15 is 0 Å². The molecule has 0 spiro atoms. The maximum absolute atomic E-state index is 12.4. The van der Waals surface area contributed by atoms with Gasteiger partial charge >= 0.3 is 5.97 Å². The van der Waals surface area contributed by atoms with Crippen LogP contribution in [-0.4, -0.2) is 49.6 Å². The molecule has 0 aromatic carbocycles. The summed E-state index contributed by atoms with van der Waals surface area (Å²) in [7, 11) is 1.71. The first-order valence-corrected chi connectivity index (χ1v) is 7.63. The monoisotopic (exact) mass is 284 g/mol. The minimum absolute atomic E-state index is 0.00954. The van der Waals surface area contributed by atoms with Crippen molar-refractivity contribution in [2.45, 2.75) is 46.1 Å². The van der Waals surface area contributed by atoms with E-state index in [-0.39, 0.29) is 23.7 Å². The van der Waals surface area contributed by atoms with E-state index in [2.05, 4.69) is 12.2 Å². The molecule has 0 aromatic heterocycles. The van der Waals surface area contributed by atoms with Gasteiger partial charge in [0.05, 0.1) is 12.5 Å². The van der Waals surface area contributed by atoms with Gasteiger partial charge < -0.3 is 15.0 Å². The first-order chi connectivity index (χ1) is 9.49. The minimum Gasteiger partial charge on any atom is -0.464 e. The second kappa shape index (κ2) is 8.25. The quantitative estimate of drug-likeness (QED) is 0.567. The van der Waals surface area contributed by atoms with Crippen LogP contribution >= 0.6 is 0 Å². The van der Waals surface area contributed by atoms with Gasteiger partial charge in [-0.2, -0.15) is 0 Å². The Bertz CT molecular complexity index is 325. The number of hydrogen-bond donors (Lipinski definition) is 1. The molecule has 1 aliphatic heterocycles. The van der Waals surface area contributed by atoms with Gasteiger partial charge in [0.1, 0.15) is 6.04 Å². The van der Waals surface area contributed by atoms with E-state index in [0.29, 0.717) is 13.2 Å². The SMILES string of the molecule is CCCCOC(=O)[C@H](C(C)C)N(C)C(=O)[C@H]1CCNC1. The van der Waals surface area contributed by atoms with Crippen molar-refractivity contribution in [2.75, 3.05) is 26.7 Å². The molecule has 1 amide bonds. The van der Waals surface area contributed by atoms with Crippen molar-refractivity contribution in [1.29, 1.82) is 0 Å². The van der Waals surface area contributed by atoms with E-state index in [9.17, 15) is 9.59 Å². The van der Waals surface area contributed by atoms with Crippen LogP contribution in [0.15, 0.2) is 0 Å². The average Bonchev–Trinajstić information content (AvgIpc) is 2.91. The zero-order valence-electron chi connectivity index (χ0n) is 13.1. The van der Waals surface area contributed by atoms with Gasteiger partial charge in [-0.25, -0.2) is 4.79 Å². The lowest BCUT2D eigenvalue weighted by Crippen LogP contribution is -2.49. The van der Waals surface area contributed by atoms with E-state index < -0.39 is 6.04 Å². The van der Waals surface area contributed by atoms with Gasteiger partial charge in [0.15, 0.2) is 0 Å². The normalized spacial score (nSPS) is 19.9. The molecule has 0 radical (unpaired) electrons. The summed E-state index contributed by atoms with van der Waals surface area (Å²) >= 11 is 0. The van der Waals surface area contributed by atoms with Crippen LogP contribution in [0.2, 0.25) is 0 Å². The smallest absolute Gasteiger partial charge is 0.329 e. The first-order valence-electron chi connectivity index (χ1n) is 7.63. The highest BCUT2D eigenvalue weighted by Gasteiger charge is 2.35. The summed E-state index contributed by atoms with van der Waals surface area (Å²) < 4.78 is 5.29. The maximum atomic E-state index is 12.4. The Morgan fingerprint density at radius 2 is 2.10 bits per heavy atom. The Labute approximate surface area is 122 Å². The molecule has 2 atom stereocenters. The fourth-order valence-electron chi connectivity index (χ4n) is 2.57. The number of carbonyl (C=O) groups excluding carboxylic acids is 2. The summed E-state index contributed by atoms with van der Waals surface area (Å²) in [6.45, 7) is 7.96. The summed E-state index contributed by atoms with van der Waals surface area (Å²) in [5, 5.41) is 3.18. The lowest BCUT2D eigenvalue weighted by molar-refractivity contribution is -0.157. The molecule has 1 aliphatic rings. The molecule has 1 rings (SSSR count). The zero-order chi connectivity index (χ0) is 15.1. The lowest BCUT2D eigenvalue weighted by Gasteiger charge is -2.31. The molecule has 1 N–H and O–H groups in total. The van der Waals surface area contributed by atoms with Crippen molar-refractivity contribution in [2.24, 2.45) is 11.8 Å². The molecule has 0 saturated carbocycles. The predicted octanol–water partition coefficient (Wildman–Crippen LogP) is 1.42. The van der Waals surface area contributed by atoms with Gasteiger partial charge in [0.25, 0.3) is 0 Å². The van der Waals surface area contributed by atoms with Crippen molar-refractivity contribution >= 4 is 11.9 Å². The van der Waals surface area contributed by atoms with Crippen LogP contribution in [0.1, 0.15) is 40.0 Å². The number of hydrogen-bond acceptors (Lipinski definition) is 4. The third-order valence-corrected chi connectivity index (χ3v) is 3.79. The molecule has 0 aromatic rings. The largest absolute Gasteiger partial charge is 0.464 e. The molecule has 0 bridgehead atoms. The Kier molecular flexibility index (Phi) is 6.99.